The molecule has 0 aromatic heterocycles. The molecular weight excluding hydrogens is 804 g/mol. The van der Waals surface area contributed by atoms with Crippen LogP contribution in [0.3, 0.4) is 0 Å². The van der Waals surface area contributed by atoms with Gasteiger partial charge in [0.25, 0.3) is 8.53 Å². The molecule has 0 aliphatic carbocycles. The van der Waals surface area contributed by atoms with E-state index in [0.29, 0.717) is 6.61 Å². The van der Waals surface area contributed by atoms with Gasteiger partial charge in [-0.15, -0.1) is 0 Å². The molecule has 0 spiro atoms. The summed E-state index contributed by atoms with van der Waals surface area (Å²) in [6, 6.07) is 55.3. The second-order valence-electron chi connectivity index (χ2n) is 15.5. The van der Waals surface area contributed by atoms with Crippen molar-refractivity contribution in [3.05, 3.63) is 191 Å². The zero-order chi connectivity index (χ0) is 44.4. The minimum Gasteiger partial charge on any atom is -0.497 e. The average molecular weight is 861 g/mol. The van der Waals surface area contributed by atoms with Gasteiger partial charge in [0.15, 0.2) is 0 Å². The van der Waals surface area contributed by atoms with Gasteiger partial charge in [-0.3, -0.25) is 0 Å². The van der Waals surface area contributed by atoms with Gasteiger partial charge in [-0.05, 0) is 110 Å². The number of rotatable bonds is 21. The van der Waals surface area contributed by atoms with Gasteiger partial charge in [-0.2, -0.15) is 5.26 Å². The summed E-state index contributed by atoms with van der Waals surface area (Å²) in [7, 11) is 1.69. The Balaban J connectivity index is 1.29. The van der Waals surface area contributed by atoms with Crippen LogP contribution in [0.5, 0.6) is 11.5 Å². The molecule has 9 heteroatoms. The lowest BCUT2D eigenvalue weighted by atomic mass is 9.80. The lowest BCUT2D eigenvalue weighted by Crippen LogP contribution is -2.39. The van der Waals surface area contributed by atoms with Crippen molar-refractivity contribution in [3.63, 3.8) is 0 Å². The summed E-state index contributed by atoms with van der Waals surface area (Å²) in [4.78, 5) is 0. The fourth-order valence-corrected chi connectivity index (χ4v) is 9.07. The van der Waals surface area contributed by atoms with Crippen molar-refractivity contribution in [2.45, 2.75) is 64.5 Å². The lowest BCUT2D eigenvalue weighted by Gasteiger charge is -2.39. The third kappa shape index (κ3) is 12.7. The van der Waals surface area contributed by atoms with Gasteiger partial charge in [0.05, 0.1) is 53.1 Å². The maximum Gasteiger partial charge on any atom is 0.259 e. The fourth-order valence-electron chi connectivity index (χ4n) is 7.39. The van der Waals surface area contributed by atoms with Crippen LogP contribution >= 0.6 is 8.53 Å². The summed E-state index contributed by atoms with van der Waals surface area (Å²) in [6.45, 7) is 9.39. The number of ether oxygens (including phenoxy) is 4. The van der Waals surface area contributed by atoms with E-state index in [9.17, 15) is 5.26 Å². The van der Waals surface area contributed by atoms with Crippen LogP contribution in [-0.2, 0) is 30.7 Å². The second-order valence-corrected chi connectivity index (χ2v) is 16.9. The van der Waals surface area contributed by atoms with E-state index in [4.69, 9.17) is 28.0 Å². The van der Waals surface area contributed by atoms with Crippen LogP contribution in [0.15, 0.2) is 158 Å². The standard InChI is InChI=1S/C54H57N2O6P/c1-41(2)56(42(3)4)63(61-36-14-35-55)62-53(39-59-38-45-16-13-15-44(37-45)22-21-43-23-25-47(26-24-43)46-17-9-7-10-18-46)40-60-54(48-19-11-8-12-20-48,49-27-31-51(57-5)32-28-49)50-29-33-52(58-6)34-30-50/h7-13,15-20,23-34,37,41-42,53H,14,36,38-40H2,1-6H3/t53-,63?/m0/s1. The summed E-state index contributed by atoms with van der Waals surface area (Å²) < 4.78 is 40.6. The molecule has 6 aromatic carbocycles. The number of benzene rings is 6. The first-order valence-corrected chi connectivity index (χ1v) is 22.4. The van der Waals surface area contributed by atoms with Crippen molar-refractivity contribution < 1.29 is 28.0 Å². The predicted molar refractivity (Wildman–Crippen MR) is 252 cm³/mol. The Morgan fingerprint density at radius 3 is 1.73 bits per heavy atom. The molecule has 0 radical (unpaired) electrons. The fraction of sp³-hybridized carbons (Fsp3) is 0.278. The SMILES string of the molecule is COc1ccc(C(OC[C@H](COCc2cccc(C#Cc3ccc(-c4ccccc4)cc3)c2)OP(OCCC#N)N(C(C)C)C(C)C)(c2ccccc2)c2ccc(OC)cc2)cc1. The van der Waals surface area contributed by atoms with Crippen LogP contribution in [0, 0.1) is 23.2 Å². The minimum absolute atomic E-state index is 0.105. The summed E-state index contributed by atoms with van der Waals surface area (Å²) in [5.41, 5.74) is 6.82. The van der Waals surface area contributed by atoms with E-state index in [1.54, 1.807) is 14.2 Å². The highest BCUT2D eigenvalue weighted by atomic mass is 31.2. The van der Waals surface area contributed by atoms with E-state index < -0.39 is 20.2 Å². The van der Waals surface area contributed by atoms with E-state index >= 15 is 0 Å². The molecular formula is C54H57N2O6P. The van der Waals surface area contributed by atoms with Crippen LogP contribution in [0.4, 0.5) is 0 Å². The van der Waals surface area contributed by atoms with E-state index in [0.717, 1.165) is 50.4 Å². The molecule has 324 valence electrons. The molecule has 63 heavy (non-hydrogen) atoms. The van der Waals surface area contributed by atoms with Crippen molar-refractivity contribution in [1.29, 1.82) is 5.26 Å². The average Bonchev–Trinajstić information content (AvgIpc) is 3.32. The molecule has 0 saturated heterocycles. The van der Waals surface area contributed by atoms with Crippen LogP contribution in [-0.4, -0.2) is 56.9 Å². The van der Waals surface area contributed by atoms with E-state index in [1.807, 2.05) is 103 Å². The van der Waals surface area contributed by atoms with Gasteiger partial charge >= 0.3 is 0 Å². The Morgan fingerprint density at radius 1 is 0.603 bits per heavy atom. The molecule has 0 saturated carbocycles. The first-order chi connectivity index (χ1) is 30.7. The van der Waals surface area contributed by atoms with E-state index in [1.165, 1.54) is 5.56 Å². The monoisotopic (exact) mass is 860 g/mol. The summed E-state index contributed by atoms with van der Waals surface area (Å²) in [6.07, 6.45) is -0.339. The number of hydrogen-bond donors (Lipinski definition) is 0. The van der Waals surface area contributed by atoms with Crippen LogP contribution in [0.1, 0.15) is 67.5 Å². The van der Waals surface area contributed by atoms with Crippen molar-refractivity contribution in [3.8, 4) is 40.5 Å². The van der Waals surface area contributed by atoms with Crippen LogP contribution < -0.4 is 9.47 Å². The van der Waals surface area contributed by atoms with Gasteiger partial charge in [0.2, 0.25) is 0 Å². The second kappa shape index (κ2) is 23.6. The maximum atomic E-state index is 9.43. The number of hydrogen-bond acceptors (Lipinski definition) is 8. The largest absolute Gasteiger partial charge is 0.497 e. The normalized spacial score (nSPS) is 12.4. The summed E-state index contributed by atoms with van der Waals surface area (Å²) in [5, 5.41) is 9.43. The van der Waals surface area contributed by atoms with Gasteiger partial charge in [-0.25, -0.2) is 4.67 Å². The van der Waals surface area contributed by atoms with Crippen molar-refractivity contribution in [2.75, 3.05) is 34.0 Å². The molecule has 0 fully saturated rings. The molecule has 8 nitrogen and oxygen atoms in total. The highest BCUT2D eigenvalue weighted by Gasteiger charge is 2.40. The molecule has 0 aliphatic rings. The zero-order valence-corrected chi connectivity index (χ0v) is 38.0. The van der Waals surface area contributed by atoms with Crippen molar-refractivity contribution in [1.82, 2.24) is 4.67 Å². The third-order valence-corrected chi connectivity index (χ3v) is 12.6. The van der Waals surface area contributed by atoms with E-state index in [2.05, 4.69) is 105 Å². The van der Waals surface area contributed by atoms with Crippen LogP contribution in [0.25, 0.3) is 11.1 Å². The van der Waals surface area contributed by atoms with Gasteiger partial charge in [0, 0.05) is 23.2 Å². The molecule has 0 bridgehead atoms. The number of nitriles is 1. The Kier molecular flexibility index (Phi) is 17.5. The maximum absolute atomic E-state index is 9.43. The number of methoxy groups -OCH3 is 2. The van der Waals surface area contributed by atoms with Gasteiger partial charge in [-0.1, -0.05) is 121 Å². The molecule has 0 aliphatic heterocycles. The molecule has 0 heterocycles. The first-order valence-electron chi connectivity index (χ1n) is 21.3. The third-order valence-electron chi connectivity index (χ3n) is 10.4. The Bertz CT molecular complexity index is 2340. The molecule has 0 N–H and O–H groups in total. The molecule has 6 rings (SSSR count). The molecule has 2 atom stereocenters. The Morgan fingerprint density at radius 2 is 1.16 bits per heavy atom. The highest BCUT2D eigenvalue weighted by Crippen LogP contribution is 2.48. The highest BCUT2D eigenvalue weighted by molar-refractivity contribution is 7.44. The lowest BCUT2D eigenvalue weighted by molar-refractivity contribution is -0.0611. The van der Waals surface area contributed by atoms with E-state index in [-0.39, 0.29) is 38.3 Å². The summed E-state index contributed by atoms with van der Waals surface area (Å²) >= 11 is 0. The Hall–Kier alpha value is -5.80. The predicted octanol–water partition coefficient (Wildman–Crippen LogP) is 12.0. The molecule has 1 unspecified atom stereocenters. The van der Waals surface area contributed by atoms with Gasteiger partial charge < -0.3 is 28.0 Å². The topological polar surface area (TPSA) is 82.4 Å². The van der Waals surface area contributed by atoms with Crippen molar-refractivity contribution in [2.24, 2.45) is 0 Å². The molecule has 6 aromatic rings. The molecule has 0 amide bonds. The summed E-state index contributed by atoms with van der Waals surface area (Å²) in [5.74, 6) is 8.12. The number of nitrogens with zero attached hydrogens (tertiary/aromatic N) is 2. The Labute approximate surface area is 375 Å². The van der Waals surface area contributed by atoms with Crippen LogP contribution in [0.2, 0.25) is 0 Å². The van der Waals surface area contributed by atoms with Crippen molar-refractivity contribution >= 4 is 8.53 Å². The zero-order valence-electron chi connectivity index (χ0n) is 37.1. The first kappa shape index (κ1) is 46.7. The van der Waals surface area contributed by atoms with Gasteiger partial charge in [0.1, 0.15) is 23.2 Å². The smallest absolute Gasteiger partial charge is 0.259 e. The quantitative estimate of drug-likeness (QED) is 0.0306. The minimum atomic E-state index is -1.63.